The molecule has 0 aliphatic heterocycles. The van der Waals surface area contributed by atoms with Crippen molar-refractivity contribution in [1.82, 2.24) is 0 Å². The molecule has 4 heteroatoms. The minimum Gasteiger partial charge on any atom is -0.495 e. The van der Waals surface area contributed by atoms with Crippen molar-refractivity contribution in [2.75, 3.05) is 26.6 Å². The van der Waals surface area contributed by atoms with Crippen LogP contribution in [0.1, 0.15) is 18.1 Å². The largest absolute Gasteiger partial charge is 0.495 e. The molecule has 2 N–H and O–H groups in total. The fourth-order valence-corrected chi connectivity index (χ4v) is 2.11. The topological polar surface area (TPSA) is 53.7 Å². The Morgan fingerprint density at radius 3 is 2.00 bits per heavy atom. The molecule has 0 radical (unpaired) electrons. The van der Waals surface area contributed by atoms with Crippen molar-refractivity contribution < 1.29 is 14.2 Å². The van der Waals surface area contributed by atoms with Crippen LogP contribution in [-0.2, 0) is 0 Å². The molecule has 0 unspecified atom stereocenters. The van der Waals surface area contributed by atoms with Gasteiger partial charge in [-0.2, -0.15) is 0 Å². The van der Waals surface area contributed by atoms with Gasteiger partial charge < -0.3 is 19.9 Å². The molecular weight excluding hydrogens is 278 g/mol. The summed E-state index contributed by atoms with van der Waals surface area (Å²) < 4.78 is 16.0. The number of nitrogens with two attached hydrogens (primary N) is 1. The standard InChI is InChI=1S/C18H21NO3/c1-4-22-18-12-14(8-10-17(18)21-3)6-5-13-7-9-16(20-2)15(19)11-13/h5-12H,4,19H2,1-3H3. The minimum atomic E-state index is 0.596. The first-order valence-corrected chi connectivity index (χ1v) is 7.10. The van der Waals surface area contributed by atoms with Crippen molar-refractivity contribution in [2.24, 2.45) is 0 Å². The van der Waals surface area contributed by atoms with Gasteiger partial charge in [-0.25, -0.2) is 0 Å². The van der Waals surface area contributed by atoms with Crippen molar-refractivity contribution in [1.29, 1.82) is 0 Å². The molecule has 0 aromatic heterocycles. The van der Waals surface area contributed by atoms with E-state index in [2.05, 4.69) is 0 Å². The van der Waals surface area contributed by atoms with Crippen LogP contribution in [0.4, 0.5) is 5.69 Å². The van der Waals surface area contributed by atoms with Crippen molar-refractivity contribution in [3.63, 3.8) is 0 Å². The highest BCUT2D eigenvalue weighted by atomic mass is 16.5. The maximum absolute atomic E-state index is 5.91. The van der Waals surface area contributed by atoms with Crippen LogP contribution in [0.3, 0.4) is 0 Å². The summed E-state index contributed by atoms with van der Waals surface area (Å²) in [6.45, 7) is 2.54. The molecule has 116 valence electrons. The van der Waals surface area contributed by atoms with Crippen LogP contribution in [0, 0.1) is 0 Å². The predicted octanol–water partition coefficient (Wildman–Crippen LogP) is 3.86. The van der Waals surface area contributed by atoms with Crippen molar-refractivity contribution >= 4 is 17.8 Å². The average Bonchev–Trinajstić information content (AvgIpc) is 2.53. The zero-order valence-corrected chi connectivity index (χ0v) is 13.1. The highest BCUT2D eigenvalue weighted by molar-refractivity contribution is 5.73. The normalized spacial score (nSPS) is 10.7. The van der Waals surface area contributed by atoms with Crippen LogP contribution < -0.4 is 19.9 Å². The number of anilines is 1. The van der Waals surface area contributed by atoms with Gasteiger partial charge in [0, 0.05) is 0 Å². The highest BCUT2D eigenvalue weighted by Gasteiger charge is 2.04. The predicted molar refractivity (Wildman–Crippen MR) is 90.5 cm³/mol. The molecule has 0 aliphatic rings. The zero-order chi connectivity index (χ0) is 15.9. The van der Waals surface area contributed by atoms with E-state index >= 15 is 0 Å². The molecule has 0 heterocycles. The molecule has 2 aromatic rings. The SMILES string of the molecule is CCOc1cc(C=Cc2ccc(OC)c(N)c2)ccc1OC. The van der Waals surface area contributed by atoms with Gasteiger partial charge in [0.2, 0.25) is 0 Å². The summed E-state index contributed by atoms with van der Waals surface area (Å²) in [5.74, 6) is 2.15. The summed E-state index contributed by atoms with van der Waals surface area (Å²) in [7, 11) is 3.24. The number of hydrogen-bond acceptors (Lipinski definition) is 4. The van der Waals surface area contributed by atoms with Gasteiger partial charge in [0.25, 0.3) is 0 Å². The lowest BCUT2D eigenvalue weighted by Crippen LogP contribution is -1.95. The number of benzene rings is 2. The van der Waals surface area contributed by atoms with Gasteiger partial charge >= 0.3 is 0 Å². The molecule has 0 saturated carbocycles. The van der Waals surface area contributed by atoms with Gasteiger partial charge in [0.1, 0.15) is 5.75 Å². The molecule has 0 amide bonds. The molecule has 0 spiro atoms. The summed E-state index contributed by atoms with van der Waals surface area (Å²) in [4.78, 5) is 0. The van der Waals surface area contributed by atoms with Gasteiger partial charge in [0.15, 0.2) is 11.5 Å². The molecule has 4 nitrogen and oxygen atoms in total. The van der Waals surface area contributed by atoms with E-state index in [1.165, 1.54) is 0 Å². The van der Waals surface area contributed by atoms with E-state index in [-0.39, 0.29) is 0 Å². The van der Waals surface area contributed by atoms with Gasteiger partial charge in [0.05, 0.1) is 26.5 Å². The lowest BCUT2D eigenvalue weighted by molar-refractivity contribution is 0.311. The van der Waals surface area contributed by atoms with Crippen molar-refractivity contribution in [3.8, 4) is 17.2 Å². The van der Waals surface area contributed by atoms with Crippen molar-refractivity contribution in [3.05, 3.63) is 47.5 Å². The van der Waals surface area contributed by atoms with Crippen LogP contribution in [0.2, 0.25) is 0 Å². The number of nitrogen functional groups attached to an aromatic ring is 1. The van der Waals surface area contributed by atoms with Gasteiger partial charge in [-0.15, -0.1) is 0 Å². The first-order valence-electron chi connectivity index (χ1n) is 7.10. The van der Waals surface area contributed by atoms with Crippen LogP contribution in [-0.4, -0.2) is 20.8 Å². The Bertz CT molecular complexity index is 665. The van der Waals surface area contributed by atoms with Crippen molar-refractivity contribution in [2.45, 2.75) is 6.92 Å². The lowest BCUT2D eigenvalue weighted by atomic mass is 10.1. The Labute approximate surface area is 131 Å². The molecule has 0 atom stereocenters. The van der Waals surface area contributed by atoms with Gasteiger partial charge in [-0.3, -0.25) is 0 Å². The van der Waals surface area contributed by atoms with E-state index < -0.39 is 0 Å². The molecule has 2 aromatic carbocycles. The van der Waals surface area contributed by atoms with E-state index in [4.69, 9.17) is 19.9 Å². The first kappa shape index (κ1) is 15.8. The molecular formula is C18H21NO3. The molecule has 0 bridgehead atoms. The van der Waals surface area contributed by atoms with Crippen LogP contribution in [0.15, 0.2) is 36.4 Å². The van der Waals surface area contributed by atoms with E-state index in [1.807, 2.05) is 55.5 Å². The molecule has 0 aliphatic carbocycles. The Morgan fingerprint density at radius 2 is 1.45 bits per heavy atom. The van der Waals surface area contributed by atoms with E-state index in [0.29, 0.717) is 18.0 Å². The quantitative estimate of drug-likeness (QED) is 0.650. The second kappa shape index (κ2) is 7.41. The number of methoxy groups -OCH3 is 2. The van der Waals surface area contributed by atoms with Crippen LogP contribution >= 0.6 is 0 Å². The maximum Gasteiger partial charge on any atom is 0.161 e. The summed E-state index contributed by atoms with van der Waals surface area (Å²) >= 11 is 0. The number of rotatable bonds is 6. The second-order valence-electron chi connectivity index (χ2n) is 4.68. The molecule has 0 fully saturated rings. The maximum atomic E-state index is 5.91. The molecule has 22 heavy (non-hydrogen) atoms. The summed E-state index contributed by atoms with van der Waals surface area (Å²) in [5, 5.41) is 0. The summed E-state index contributed by atoms with van der Waals surface area (Å²) in [6, 6.07) is 11.5. The Morgan fingerprint density at radius 1 is 0.864 bits per heavy atom. The zero-order valence-electron chi connectivity index (χ0n) is 13.1. The third kappa shape index (κ3) is 3.73. The Kier molecular flexibility index (Phi) is 5.31. The first-order chi connectivity index (χ1) is 10.7. The second-order valence-corrected chi connectivity index (χ2v) is 4.68. The highest BCUT2D eigenvalue weighted by Crippen LogP contribution is 2.29. The minimum absolute atomic E-state index is 0.596. The average molecular weight is 299 g/mol. The van der Waals surface area contributed by atoms with Crippen LogP contribution in [0.25, 0.3) is 12.2 Å². The monoisotopic (exact) mass is 299 g/mol. The Balaban J connectivity index is 2.22. The lowest BCUT2D eigenvalue weighted by Gasteiger charge is -2.09. The fourth-order valence-electron chi connectivity index (χ4n) is 2.11. The smallest absolute Gasteiger partial charge is 0.161 e. The third-order valence-electron chi connectivity index (χ3n) is 3.21. The Hall–Kier alpha value is -2.62. The summed E-state index contributed by atoms with van der Waals surface area (Å²) in [6.07, 6.45) is 4.00. The van der Waals surface area contributed by atoms with E-state index in [1.54, 1.807) is 14.2 Å². The number of hydrogen-bond donors (Lipinski definition) is 1. The fraction of sp³-hybridized carbons (Fsp3) is 0.222. The van der Waals surface area contributed by atoms with E-state index in [9.17, 15) is 0 Å². The van der Waals surface area contributed by atoms with Gasteiger partial charge in [-0.1, -0.05) is 24.3 Å². The van der Waals surface area contributed by atoms with Gasteiger partial charge in [-0.05, 0) is 42.3 Å². The molecule has 2 rings (SSSR count). The summed E-state index contributed by atoms with van der Waals surface area (Å²) in [5.41, 5.74) is 8.56. The number of ether oxygens (including phenoxy) is 3. The molecule has 0 saturated heterocycles. The van der Waals surface area contributed by atoms with Crippen LogP contribution in [0.5, 0.6) is 17.2 Å². The van der Waals surface area contributed by atoms with E-state index in [0.717, 1.165) is 22.6 Å². The third-order valence-corrected chi connectivity index (χ3v) is 3.21.